The zero-order valence-electron chi connectivity index (χ0n) is 26.3. The van der Waals surface area contributed by atoms with Crippen LogP contribution in [0.2, 0.25) is 0 Å². The molecule has 0 radical (unpaired) electrons. The lowest BCUT2D eigenvalue weighted by molar-refractivity contribution is 0.513. The minimum Gasteiger partial charge on any atom is -0.278 e. The van der Waals surface area contributed by atoms with Gasteiger partial charge in [0.2, 0.25) is 23.8 Å². The highest BCUT2D eigenvalue weighted by Gasteiger charge is 2.07. The van der Waals surface area contributed by atoms with E-state index in [4.69, 9.17) is 0 Å². The van der Waals surface area contributed by atoms with Crippen molar-refractivity contribution >= 4 is 80.5 Å². The SMILES string of the molecule is Brc1ccc2cn[nH]c2c1.Fc1cccc(-n2cc3ccc(Br)cc3n2)n1.Fc1cccc(-n2ncc3ccc(Br)cc32)n1.Fc1cccc(F)n1. The van der Waals surface area contributed by atoms with E-state index in [2.05, 4.69) is 83.1 Å². The fourth-order valence-corrected chi connectivity index (χ4v) is 5.67. The standard InChI is InChI=1S/2C12H7BrFN3.C7H5BrN2.C5H3F2N/c13-9-5-4-8-7-17(16-10(8)6-9)12-3-1-2-11(14)15-12;13-9-5-4-8-7-15-17(10(8)6-9)12-3-1-2-11(14)16-12;8-6-2-1-5-4-9-10-7(5)3-6;6-4-2-1-3-5(7)8-4/h2*1-7H;1-4H,(H,9,10);1-3H. The number of hydrogen-bond acceptors (Lipinski definition) is 6. The van der Waals surface area contributed by atoms with Crippen molar-refractivity contribution in [3.8, 4) is 11.6 Å². The van der Waals surface area contributed by atoms with E-state index in [1.54, 1.807) is 39.8 Å². The Labute approximate surface area is 317 Å². The largest absolute Gasteiger partial charge is 0.278 e. The first-order valence-electron chi connectivity index (χ1n) is 15.0. The summed E-state index contributed by atoms with van der Waals surface area (Å²) < 4.78 is 55.9. The summed E-state index contributed by atoms with van der Waals surface area (Å²) in [7, 11) is 0. The first-order chi connectivity index (χ1) is 25.1. The lowest BCUT2D eigenvalue weighted by Crippen LogP contribution is -2.00. The fraction of sp³-hybridized carbons (Fsp3) is 0. The van der Waals surface area contributed by atoms with Crippen LogP contribution in [0, 0.1) is 23.8 Å². The van der Waals surface area contributed by atoms with E-state index in [9.17, 15) is 17.6 Å². The second kappa shape index (κ2) is 16.8. The number of pyridine rings is 3. The van der Waals surface area contributed by atoms with Crippen LogP contribution >= 0.6 is 47.8 Å². The molecule has 0 unspecified atom stereocenters. The monoisotopic (exact) mass is 893 g/mol. The molecular weight excluding hydrogens is 874 g/mol. The van der Waals surface area contributed by atoms with E-state index in [0.29, 0.717) is 11.6 Å². The Kier molecular flexibility index (Phi) is 11.8. The fourth-order valence-electron chi connectivity index (χ4n) is 4.61. The second-order valence-corrected chi connectivity index (χ2v) is 13.3. The molecule has 6 heterocycles. The molecule has 0 amide bonds. The molecule has 16 heteroatoms. The predicted molar refractivity (Wildman–Crippen MR) is 201 cm³/mol. The van der Waals surface area contributed by atoms with Crippen molar-refractivity contribution in [2.75, 3.05) is 0 Å². The summed E-state index contributed by atoms with van der Waals surface area (Å²) in [5.74, 6) is -1.66. The van der Waals surface area contributed by atoms with E-state index in [0.717, 1.165) is 58.3 Å². The molecule has 0 bridgehead atoms. The van der Waals surface area contributed by atoms with E-state index >= 15 is 0 Å². The molecule has 0 saturated carbocycles. The van der Waals surface area contributed by atoms with Crippen LogP contribution < -0.4 is 0 Å². The molecule has 0 saturated heterocycles. The number of aromatic nitrogens is 9. The number of nitrogens with one attached hydrogen (secondary N) is 1. The van der Waals surface area contributed by atoms with Crippen LogP contribution in [0.1, 0.15) is 0 Å². The minimum atomic E-state index is -0.787. The van der Waals surface area contributed by atoms with Crippen LogP contribution in [0.3, 0.4) is 0 Å². The summed E-state index contributed by atoms with van der Waals surface area (Å²) in [6.45, 7) is 0. The van der Waals surface area contributed by atoms with Crippen molar-refractivity contribution < 1.29 is 17.6 Å². The average Bonchev–Trinajstić information content (AvgIpc) is 3.87. The first-order valence-corrected chi connectivity index (χ1v) is 17.4. The third kappa shape index (κ3) is 9.51. The van der Waals surface area contributed by atoms with Crippen molar-refractivity contribution in [3.05, 3.63) is 165 Å². The molecule has 0 aliphatic rings. The summed E-state index contributed by atoms with van der Waals surface area (Å²) in [5, 5.41) is 18.4. The van der Waals surface area contributed by atoms with Crippen LogP contribution in [-0.2, 0) is 0 Å². The zero-order chi connectivity index (χ0) is 36.6. The van der Waals surface area contributed by atoms with E-state index in [-0.39, 0.29) is 0 Å². The summed E-state index contributed by atoms with van der Waals surface area (Å²) in [4.78, 5) is 10.4. The maximum atomic E-state index is 13.1. The number of fused-ring (bicyclic) bond motifs is 3. The van der Waals surface area contributed by atoms with E-state index in [1.807, 2.05) is 67.0 Å². The summed E-state index contributed by atoms with van der Waals surface area (Å²) in [6, 6.07) is 30.3. The van der Waals surface area contributed by atoms with Gasteiger partial charge in [0.25, 0.3) is 0 Å². The zero-order valence-corrected chi connectivity index (χ0v) is 31.1. The van der Waals surface area contributed by atoms with Gasteiger partial charge in [-0.25, -0.2) is 19.3 Å². The van der Waals surface area contributed by atoms with Crippen molar-refractivity contribution in [2.24, 2.45) is 0 Å². The molecule has 9 aromatic rings. The van der Waals surface area contributed by atoms with Gasteiger partial charge in [0.1, 0.15) is 0 Å². The van der Waals surface area contributed by atoms with Gasteiger partial charge in [-0.3, -0.25) is 5.10 Å². The molecular formula is C36H22Br3F4N9. The van der Waals surface area contributed by atoms with Crippen molar-refractivity contribution in [1.29, 1.82) is 0 Å². The van der Waals surface area contributed by atoms with Gasteiger partial charge in [-0.15, -0.1) is 0 Å². The summed E-state index contributed by atoms with van der Waals surface area (Å²) in [6.07, 6.45) is 5.36. The Morgan fingerprint density at radius 3 is 1.75 bits per heavy atom. The molecule has 1 N–H and O–H groups in total. The van der Waals surface area contributed by atoms with Crippen LogP contribution in [0.15, 0.2) is 141 Å². The number of nitrogens with zero attached hydrogens (tertiary/aromatic N) is 8. The van der Waals surface area contributed by atoms with Crippen molar-refractivity contribution in [2.45, 2.75) is 0 Å². The molecule has 260 valence electrons. The molecule has 0 atom stereocenters. The highest BCUT2D eigenvalue weighted by Crippen LogP contribution is 2.22. The Morgan fingerprint density at radius 2 is 1.10 bits per heavy atom. The van der Waals surface area contributed by atoms with E-state index < -0.39 is 23.8 Å². The van der Waals surface area contributed by atoms with Crippen LogP contribution in [-0.4, -0.2) is 44.7 Å². The van der Waals surface area contributed by atoms with Crippen molar-refractivity contribution in [3.63, 3.8) is 0 Å². The number of H-pyrrole nitrogens is 1. The normalized spacial score (nSPS) is 10.6. The maximum Gasteiger partial charge on any atom is 0.215 e. The Hall–Kier alpha value is -5.32. The average molecular weight is 896 g/mol. The number of rotatable bonds is 2. The molecule has 0 aliphatic heterocycles. The van der Waals surface area contributed by atoms with Gasteiger partial charge in [-0.05, 0) is 72.8 Å². The van der Waals surface area contributed by atoms with Gasteiger partial charge < -0.3 is 0 Å². The molecule has 52 heavy (non-hydrogen) atoms. The molecule has 0 spiro atoms. The Bertz CT molecular complexity index is 2590. The molecule has 6 aromatic heterocycles. The first kappa shape index (κ1) is 36.5. The van der Waals surface area contributed by atoms with Gasteiger partial charge in [-0.1, -0.05) is 84.2 Å². The highest BCUT2D eigenvalue weighted by atomic mass is 79.9. The quantitative estimate of drug-likeness (QED) is 0.137. The lowest BCUT2D eigenvalue weighted by atomic mass is 10.2. The number of hydrogen-bond donors (Lipinski definition) is 1. The Balaban J connectivity index is 0.000000125. The third-order valence-electron chi connectivity index (χ3n) is 6.94. The summed E-state index contributed by atoms with van der Waals surface area (Å²) in [5.41, 5.74) is 2.79. The third-order valence-corrected chi connectivity index (χ3v) is 8.42. The Morgan fingerprint density at radius 1 is 0.538 bits per heavy atom. The van der Waals surface area contributed by atoms with Crippen LogP contribution in [0.4, 0.5) is 17.6 Å². The van der Waals surface area contributed by atoms with Crippen LogP contribution in [0.25, 0.3) is 44.3 Å². The van der Waals surface area contributed by atoms with Gasteiger partial charge in [0.15, 0.2) is 11.6 Å². The van der Waals surface area contributed by atoms with Crippen molar-refractivity contribution in [1.82, 2.24) is 44.7 Å². The van der Waals surface area contributed by atoms with Gasteiger partial charge in [0, 0.05) is 35.8 Å². The number of halogens is 7. The van der Waals surface area contributed by atoms with E-state index in [1.165, 1.54) is 18.2 Å². The number of benzene rings is 3. The summed E-state index contributed by atoms with van der Waals surface area (Å²) >= 11 is 10.2. The minimum absolute atomic E-state index is 0.470. The molecule has 0 aliphatic carbocycles. The smallest absolute Gasteiger partial charge is 0.215 e. The van der Waals surface area contributed by atoms with Gasteiger partial charge in [0.05, 0.1) is 28.9 Å². The second-order valence-electron chi connectivity index (χ2n) is 10.6. The van der Waals surface area contributed by atoms with Crippen LogP contribution in [0.5, 0.6) is 0 Å². The van der Waals surface area contributed by atoms with Gasteiger partial charge >= 0.3 is 0 Å². The van der Waals surface area contributed by atoms with Gasteiger partial charge in [-0.2, -0.15) is 37.8 Å². The lowest BCUT2D eigenvalue weighted by Gasteiger charge is -2.02. The highest BCUT2D eigenvalue weighted by molar-refractivity contribution is 9.11. The predicted octanol–water partition coefficient (Wildman–Crippen LogP) is 10.3. The topological polar surface area (TPSA) is 103 Å². The molecule has 9 rings (SSSR count). The maximum absolute atomic E-state index is 13.1. The molecule has 3 aromatic carbocycles. The molecule has 9 nitrogen and oxygen atoms in total. The molecule has 0 fully saturated rings. The number of aromatic amines is 1.